The van der Waals surface area contributed by atoms with Gasteiger partial charge in [-0.1, -0.05) is 70.2 Å². The monoisotopic (exact) mass is 218 g/mol. The average molecular weight is 218 g/mol. The van der Waals surface area contributed by atoms with E-state index in [1.807, 2.05) is 33.8 Å². The normalized spacial score (nSPS) is 8.56. The van der Waals surface area contributed by atoms with Crippen LogP contribution in [0.4, 0.5) is 0 Å². The smallest absolute Gasteiger partial charge is 0.0169 e. The topological polar surface area (TPSA) is 0 Å². The summed E-state index contributed by atoms with van der Waals surface area (Å²) >= 11 is 0. The van der Waals surface area contributed by atoms with Crippen LogP contribution in [-0.2, 0) is 0 Å². The molecule has 0 amide bonds. The van der Waals surface area contributed by atoms with E-state index >= 15 is 0 Å². The maximum absolute atomic E-state index is 3.66. The molecule has 0 atom stereocenters. The first-order valence-corrected chi connectivity index (χ1v) is 6.17. The number of aryl methyl sites for hydroxylation is 1. The Bertz CT molecular complexity index is 282. The minimum Gasteiger partial charge on any atom is -0.103 e. The SMILES string of the molecule is C=CC/C=C\c1ccccc1C.CC.CC. The van der Waals surface area contributed by atoms with Gasteiger partial charge in [-0.05, 0) is 24.5 Å². The molecular weight excluding hydrogens is 192 g/mol. The molecule has 0 fully saturated rings. The number of benzene rings is 1. The van der Waals surface area contributed by atoms with Gasteiger partial charge in [0.25, 0.3) is 0 Å². The maximum atomic E-state index is 3.66. The summed E-state index contributed by atoms with van der Waals surface area (Å²) in [5, 5.41) is 0. The molecule has 0 N–H and O–H groups in total. The number of hydrogen-bond donors (Lipinski definition) is 0. The van der Waals surface area contributed by atoms with Gasteiger partial charge in [0.15, 0.2) is 0 Å². The molecule has 0 bridgehead atoms. The summed E-state index contributed by atoms with van der Waals surface area (Å²) < 4.78 is 0. The molecule has 0 spiro atoms. The van der Waals surface area contributed by atoms with E-state index in [0.29, 0.717) is 0 Å². The van der Waals surface area contributed by atoms with Gasteiger partial charge in [-0.25, -0.2) is 0 Å². The fourth-order valence-electron chi connectivity index (χ4n) is 1.07. The Morgan fingerprint density at radius 2 is 1.62 bits per heavy atom. The lowest BCUT2D eigenvalue weighted by Gasteiger charge is -1.97. The Kier molecular flexibility index (Phi) is 14.6. The van der Waals surface area contributed by atoms with Gasteiger partial charge >= 0.3 is 0 Å². The molecule has 0 aromatic heterocycles. The summed E-state index contributed by atoms with van der Waals surface area (Å²) in [6.45, 7) is 13.8. The van der Waals surface area contributed by atoms with E-state index in [2.05, 4.69) is 49.9 Å². The molecule has 0 heteroatoms. The minimum atomic E-state index is 0.939. The molecule has 0 aliphatic heterocycles. The third kappa shape index (κ3) is 8.05. The van der Waals surface area contributed by atoms with E-state index in [9.17, 15) is 0 Å². The van der Waals surface area contributed by atoms with Gasteiger partial charge in [0, 0.05) is 0 Å². The van der Waals surface area contributed by atoms with Crippen LogP contribution < -0.4 is 0 Å². The lowest BCUT2D eigenvalue weighted by molar-refractivity contribution is 1.40. The van der Waals surface area contributed by atoms with Crippen LogP contribution in [0.3, 0.4) is 0 Å². The number of hydrogen-bond acceptors (Lipinski definition) is 0. The van der Waals surface area contributed by atoms with Gasteiger partial charge in [0.05, 0.1) is 0 Å². The zero-order valence-corrected chi connectivity index (χ0v) is 11.5. The summed E-state index contributed by atoms with van der Waals surface area (Å²) in [5.41, 5.74) is 2.61. The largest absolute Gasteiger partial charge is 0.103 e. The molecule has 1 rings (SSSR count). The predicted octanol–water partition coefficient (Wildman–Crippen LogP) is 5.64. The van der Waals surface area contributed by atoms with Gasteiger partial charge in [0.1, 0.15) is 0 Å². The molecule has 0 unspecified atom stereocenters. The highest BCUT2D eigenvalue weighted by Gasteiger charge is 1.88. The van der Waals surface area contributed by atoms with Gasteiger partial charge in [0.2, 0.25) is 0 Å². The molecule has 1 aromatic rings. The third-order valence-electron chi connectivity index (χ3n) is 1.79. The van der Waals surface area contributed by atoms with E-state index in [1.54, 1.807) is 0 Å². The van der Waals surface area contributed by atoms with Crippen LogP contribution in [0.25, 0.3) is 6.08 Å². The summed E-state index contributed by atoms with van der Waals surface area (Å²) in [7, 11) is 0. The Hall–Kier alpha value is -1.30. The van der Waals surface area contributed by atoms with Crippen molar-refractivity contribution in [3.05, 3.63) is 54.1 Å². The van der Waals surface area contributed by atoms with Crippen LogP contribution in [0.1, 0.15) is 45.2 Å². The highest BCUT2D eigenvalue weighted by Crippen LogP contribution is 2.08. The zero-order valence-electron chi connectivity index (χ0n) is 11.5. The van der Waals surface area contributed by atoms with E-state index in [0.717, 1.165) is 6.42 Å². The van der Waals surface area contributed by atoms with Crippen molar-refractivity contribution in [3.63, 3.8) is 0 Å². The minimum absolute atomic E-state index is 0.939. The molecule has 90 valence electrons. The Labute approximate surface area is 102 Å². The van der Waals surface area contributed by atoms with Crippen molar-refractivity contribution < 1.29 is 0 Å². The molecular formula is C16H26. The van der Waals surface area contributed by atoms with Crippen LogP contribution in [-0.4, -0.2) is 0 Å². The number of allylic oxidation sites excluding steroid dienone is 2. The molecule has 0 aliphatic carbocycles. The van der Waals surface area contributed by atoms with Gasteiger partial charge in [-0.3, -0.25) is 0 Å². The third-order valence-corrected chi connectivity index (χ3v) is 1.79. The average Bonchev–Trinajstić information content (AvgIpc) is 2.37. The van der Waals surface area contributed by atoms with Crippen LogP contribution in [0.2, 0.25) is 0 Å². The number of rotatable bonds is 3. The second-order valence-corrected chi connectivity index (χ2v) is 2.78. The van der Waals surface area contributed by atoms with Crippen LogP contribution in [0.15, 0.2) is 43.0 Å². The van der Waals surface area contributed by atoms with Crippen LogP contribution in [0.5, 0.6) is 0 Å². The van der Waals surface area contributed by atoms with Crippen molar-refractivity contribution in [2.45, 2.75) is 41.0 Å². The fraction of sp³-hybridized carbons (Fsp3) is 0.375. The molecule has 16 heavy (non-hydrogen) atoms. The van der Waals surface area contributed by atoms with Crippen molar-refractivity contribution in [2.24, 2.45) is 0 Å². The lowest BCUT2D eigenvalue weighted by Crippen LogP contribution is -1.77. The van der Waals surface area contributed by atoms with E-state index in [1.165, 1.54) is 11.1 Å². The molecule has 0 nitrogen and oxygen atoms in total. The Balaban J connectivity index is 0. The van der Waals surface area contributed by atoms with E-state index < -0.39 is 0 Å². The maximum Gasteiger partial charge on any atom is -0.0169 e. The fourth-order valence-corrected chi connectivity index (χ4v) is 1.07. The summed E-state index contributed by atoms with van der Waals surface area (Å²) in [6.07, 6.45) is 7.09. The van der Waals surface area contributed by atoms with E-state index in [-0.39, 0.29) is 0 Å². The summed E-state index contributed by atoms with van der Waals surface area (Å²) in [5.74, 6) is 0. The van der Waals surface area contributed by atoms with Crippen LogP contribution >= 0.6 is 0 Å². The molecule has 0 aliphatic rings. The molecule has 1 aromatic carbocycles. The van der Waals surface area contributed by atoms with Crippen LogP contribution in [0, 0.1) is 6.92 Å². The highest BCUT2D eigenvalue weighted by atomic mass is 13.9. The lowest BCUT2D eigenvalue weighted by atomic mass is 10.1. The van der Waals surface area contributed by atoms with Gasteiger partial charge < -0.3 is 0 Å². The molecule has 0 radical (unpaired) electrons. The van der Waals surface area contributed by atoms with Crippen molar-refractivity contribution in [2.75, 3.05) is 0 Å². The highest BCUT2D eigenvalue weighted by molar-refractivity contribution is 5.53. The first-order valence-electron chi connectivity index (χ1n) is 6.17. The van der Waals surface area contributed by atoms with E-state index in [4.69, 9.17) is 0 Å². The standard InChI is InChI=1S/C12H14.2C2H6/c1-3-4-5-9-12-10-7-6-8-11(12)2;2*1-2/h3,5-10H,1,4H2,2H3;2*1-2H3/b9-5-;;. The Morgan fingerprint density at radius 3 is 2.12 bits per heavy atom. The second-order valence-electron chi connectivity index (χ2n) is 2.78. The van der Waals surface area contributed by atoms with Gasteiger partial charge in [-0.2, -0.15) is 0 Å². The van der Waals surface area contributed by atoms with Crippen molar-refractivity contribution in [1.82, 2.24) is 0 Å². The first kappa shape index (κ1) is 17.1. The molecule has 0 saturated carbocycles. The van der Waals surface area contributed by atoms with Crippen molar-refractivity contribution in [1.29, 1.82) is 0 Å². The van der Waals surface area contributed by atoms with Crippen molar-refractivity contribution in [3.8, 4) is 0 Å². The zero-order chi connectivity index (χ0) is 12.8. The van der Waals surface area contributed by atoms with Crippen molar-refractivity contribution >= 4 is 6.08 Å². The summed E-state index contributed by atoms with van der Waals surface area (Å²) in [4.78, 5) is 0. The predicted molar refractivity (Wildman–Crippen MR) is 77.7 cm³/mol. The quantitative estimate of drug-likeness (QED) is 0.576. The molecule has 0 heterocycles. The Morgan fingerprint density at radius 1 is 1.06 bits per heavy atom. The first-order chi connectivity index (χ1) is 7.84. The molecule has 0 saturated heterocycles. The van der Waals surface area contributed by atoms with Gasteiger partial charge in [-0.15, -0.1) is 6.58 Å². The summed E-state index contributed by atoms with van der Waals surface area (Å²) in [6, 6.07) is 8.35. The second kappa shape index (κ2) is 13.7.